The molecule has 2 rings (SSSR count). The van der Waals surface area contributed by atoms with E-state index in [0.717, 1.165) is 6.42 Å². The van der Waals surface area contributed by atoms with Crippen molar-refractivity contribution in [2.75, 3.05) is 6.61 Å². The molecule has 0 aromatic heterocycles. The van der Waals surface area contributed by atoms with E-state index in [0.29, 0.717) is 12.1 Å². The summed E-state index contributed by atoms with van der Waals surface area (Å²) in [5.41, 5.74) is -0.370. The normalized spacial score (nSPS) is 19.0. The van der Waals surface area contributed by atoms with Gasteiger partial charge < -0.3 is 19.2 Å². The molecule has 1 heterocycles. The summed E-state index contributed by atoms with van der Waals surface area (Å²) in [6, 6.07) is 3.19. The van der Waals surface area contributed by atoms with Crippen molar-refractivity contribution in [3.05, 3.63) is 22.7 Å². The van der Waals surface area contributed by atoms with Gasteiger partial charge in [0.15, 0.2) is 0 Å². The van der Waals surface area contributed by atoms with Crippen LogP contribution in [0.5, 0.6) is 5.75 Å². The number of carboxylic acid groups (broad SMARTS) is 1. The molecule has 0 aliphatic carbocycles. The Bertz CT molecular complexity index is 599. The highest BCUT2D eigenvalue weighted by Gasteiger charge is 2.52. The molecule has 1 aromatic carbocycles. The first-order valence-corrected chi connectivity index (χ1v) is 8.02. The zero-order chi connectivity index (χ0) is 17.4. The van der Waals surface area contributed by atoms with Crippen LogP contribution in [0.25, 0.3) is 0 Å². The van der Waals surface area contributed by atoms with Crippen LogP contribution in [-0.2, 0) is 9.31 Å². The van der Waals surface area contributed by atoms with Crippen LogP contribution in [-0.4, -0.2) is 36.0 Å². The molecule has 0 amide bonds. The lowest BCUT2D eigenvalue weighted by atomic mass is 9.78. The van der Waals surface area contributed by atoms with Gasteiger partial charge in [0.05, 0.1) is 22.8 Å². The SMILES string of the molecule is CCCOc1cc(B2OC(C)(C)C(C)(C)O2)cc(Cl)c1C(=O)O. The summed E-state index contributed by atoms with van der Waals surface area (Å²) >= 11 is 6.16. The Morgan fingerprint density at radius 3 is 2.30 bits per heavy atom. The number of rotatable bonds is 5. The molecule has 1 fully saturated rings. The monoisotopic (exact) mass is 340 g/mol. The largest absolute Gasteiger partial charge is 0.495 e. The maximum atomic E-state index is 11.4. The van der Waals surface area contributed by atoms with E-state index in [2.05, 4.69) is 0 Å². The van der Waals surface area contributed by atoms with E-state index in [1.165, 1.54) is 0 Å². The zero-order valence-corrected chi connectivity index (χ0v) is 14.9. The van der Waals surface area contributed by atoms with Crippen LogP contribution in [0.15, 0.2) is 12.1 Å². The number of ether oxygens (including phenoxy) is 1. The van der Waals surface area contributed by atoms with Crippen molar-refractivity contribution in [3.8, 4) is 5.75 Å². The first-order chi connectivity index (χ1) is 10.6. The summed E-state index contributed by atoms with van der Waals surface area (Å²) < 4.78 is 17.5. The average Bonchev–Trinajstić information content (AvgIpc) is 2.64. The number of aromatic carboxylic acids is 1. The van der Waals surface area contributed by atoms with Crippen LogP contribution in [0.2, 0.25) is 5.02 Å². The third kappa shape index (κ3) is 3.49. The van der Waals surface area contributed by atoms with Crippen LogP contribution in [0, 0.1) is 0 Å². The predicted octanol–water partition coefficient (Wildman–Crippen LogP) is 3.13. The highest BCUT2D eigenvalue weighted by atomic mass is 35.5. The van der Waals surface area contributed by atoms with Crippen LogP contribution < -0.4 is 10.2 Å². The van der Waals surface area contributed by atoms with E-state index in [1.54, 1.807) is 12.1 Å². The molecule has 126 valence electrons. The Morgan fingerprint density at radius 2 is 1.83 bits per heavy atom. The molecule has 23 heavy (non-hydrogen) atoms. The predicted molar refractivity (Wildman–Crippen MR) is 89.9 cm³/mol. The second-order valence-electron chi connectivity index (χ2n) is 6.62. The van der Waals surface area contributed by atoms with Gasteiger partial charge in [-0.25, -0.2) is 4.79 Å². The van der Waals surface area contributed by atoms with Gasteiger partial charge in [0.25, 0.3) is 0 Å². The fourth-order valence-electron chi connectivity index (χ4n) is 2.25. The Labute approximate surface area is 142 Å². The lowest BCUT2D eigenvalue weighted by Gasteiger charge is -2.32. The van der Waals surface area contributed by atoms with E-state index in [4.69, 9.17) is 25.6 Å². The Kier molecular flexibility index (Phi) is 4.99. The second kappa shape index (κ2) is 6.34. The van der Waals surface area contributed by atoms with Crippen LogP contribution in [0.1, 0.15) is 51.4 Å². The van der Waals surface area contributed by atoms with Crippen molar-refractivity contribution in [2.24, 2.45) is 0 Å². The third-order valence-corrected chi connectivity index (χ3v) is 4.58. The highest BCUT2D eigenvalue weighted by molar-refractivity contribution is 6.62. The number of hydrogen-bond donors (Lipinski definition) is 1. The summed E-state index contributed by atoms with van der Waals surface area (Å²) in [6.45, 7) is 10.2. The minimum Gasteiger partial charge on any atom is -0.493 e. The fourth-order valence-corrected chi connectivity index (χ4v) is 2.55. The molecule has 0 saturated carbocycles. The molecule has 1 N–H and O–H groups in total. The number of benzene rings is 1. The summed E-state index contributed by atoms with van der Waals surface area (Å²) in [5, 5.41) is 9.45. The van der Waals surface area contributed by atoms with Gasteiger partial charge >= 0.3 is 13.1 Å². The maximum Gasteiger partial charge on any atom is 0.495 e. The molecular formula is C16H22BClO5. The van der Waals surface area contributed by atoms with Gasteiger partial charge in [0.2, 0.25) is 0 Å². The number of hydrogen-bond acceptors (Lipinski definition) is 4. The highest BCUT2D eigenvalue weighted by Crippen LogP contribution is 2.37. The summed E-state index contributed by atoms with van der Waals surface area (Å²) in [5.74, 6) is -0.891. The number of carboxylic acids is 1. The average molecular weight is 341 g/mol. The lowest BCUT2D eigenvalue weighted by molar-refractivity contribution is 0.00578. The van der Waals surface area contributed by atoms with E-state index >= 15 is 0 Å². The van der Waals surface area contributed by atoms with Gasteiger partial charge in [0.1, 0.15) is 11.3 Å². The zero-order valence-electron chi connectivity index (χ0n) is 14.1. The molecule has 0 bridgehead atoms. The summed E-state index contributed by atoms with van der Waals surface area (Å²) in [4.78, 5) is 11.4. The molecule has 7 heteroatoms. The van der Waals surface area contributed by atoms with Gasteiger partial charge in [-0.1, -0.05) is 18.5 Å². The van der Waals surface area contributed by atoms with Gasteiger partial charge in [-0.3, -0.25) is 0 Å². The molecule has 1 saturated heterocycles. The van der Waals surface area contributed by atoms with Gasteiger partial charge in [-0.2, -0.15) is 0 Å². The van der Waals surface area contributed by atoms with E-state index in [-0.39, 0.29) is 16.3 Å². The van der Waals surface area contributed by atoms with Crippen molar-refractivity contribution in [1.29, 1.82) is 0 Å². The lowest BCUT2D eigenvalue weighted by Crippen LogP contribution is -2.41. The van der Waals surface area contributed by atoms with Crippen molar-refractivity contribution in [1.82, 2.24) is 0 Å². The number of halogens is 1. The standard InChI is InChI=1S/C16H22BClO5/c1-6-7-21-12-9-10(8-11(18)13(12)14(19)20)17-22-15(2,3)16(4,5)23-17/h8-9H,6-7H2,1-5H3,(H,19,20). The van der Waals surface area contributed by atoms with Crippen LogP contribution in [0.4, 0.5) is 0 Å². The van der Waals surface area contributed by atoms with E-state index in [1.807, 2.05) is 34.6 Å². The second-order valence-corrected chi connectivity index (χ2v) is 7.02. The Balaban J connectivity index is 2.41. The van der Waals surface area contributed by atoms with Crippen molar-refractivity contribution >= 4 is 30.2 Å². The Hall–Kier alpha value is -1.24. The van der Waals surface area contributed by atoms with Gasteiger partial charge in [-0.05, 0) is 51.7 Å². The molecule has 0 atom stereocenters. The number of carbonyl (C=O) groups is 1. The smallest absolute Gasteiger partial charge is 0.493 e. The molecule has 5 nitrogen and oxygen atoms in total. The molecule has 1 aliphatic rings. The van der Waals surface area contributed by atoms with Crippen molar-refractivity contribution in [3.63, 3.8) is 0 Å². The maximum absolute atomic E-state index is 11.4. The minimum atomic E-state index is -1.12. The molecule has 0 spiro atoms. The Morgan fingerprint density at radius 1 is 1.26 bits per heavy atom. The quantitative estimate of drug-likeness (QED) is 0.834. The topological polar surface area (TPSA) is 65.0 Å². The van der Waals surface area contributed by atoms with Gasteiger partial charge in [-0.15, -0.1) is 0 Å². The summed E-state index contributed by atoms with van der Waals surface area (Å²) in [7, 11) is -0.621. The molecule has 0 unspecified atom stereocenters. The van der Waals surface area contributed by atoms with Crippen molar-refractivity contribution in [2.45, 2.75) is 52.2 Å². The first kappa shape index (κ1) is 18.1. The molecular weight excluding hydrogens is 318 g/mol. The van der Waals surface area contributed by atoms with Crippen LogP contribution >= 0.6 is 11.6 Å². The minimum absolute atomic E-state index is 0.0413. The third-order valence-electron chi connectivity index (χ3n) is 4.28. The van der Waals surface area contributed by atoms with Gasteiger partial charge in [0, 0.05) is 0 Å². The molecule has 0 radical (unpaired) electrons. The first-order valence-electron chi connectivity index (χ1n) is 7.64. The fraction of sp³-hybridized carbons (Fsp3) is 0.562. The van der Waals surface area contributed by atoms with Crippen molar-refractivity contribution < 1.29 is 23.9 Å². The van der Waals surface area contributed by atoms with E-state index in [9.17, 15) is 9.90 Å². The van der Waals surface area contributed by atoms with Crippen LogP contribution in [0.3, 0.4) is 0 Å². The summed E-state index contributed by atoms with van der Waals surface area (Å²) in [6.07, 6.45) is 0.761. The molecule has 1 aliphatic heterocycles. The van der Waals surface area contributed by atoms with E-state index < -0.39 is 24.3 Å². The molecule has 1 aromatic rings.